The Morgan fingerprint density at radius 1 is 1.33 bits per heavy atom. The fourth-order valence-corrected chi connectivity index (χ4v) is 5.49. The number of para-hydroxylation sites is 2. The van der Waals surface area contributed by atoms with Crippen LogP contribution in [0.5, 0.6) is 5.75 Å². The SMILES string of the molecule is CCN(C(=O)[C@@H](C)OC(=O)CCN1C(=O)COc2ccccc21)[C@H]1CCS(=O)(=O)C1. The molecule has 2 heterocycles. The Morgan fingerprint density at radius 3 is 2.73 bits per heavy atom. The van der Waals surface area contributed by atoms with Gasteiger partial charge in [0.1, 0.15) is 5.75 Å². The highest BCUT2D eigenvalue weighted by atomic mass is 32.2. The van der Waals surface area contributed by atoms with Crippen LogP contribution in [0.25, 0.3) is 0 Å². The first-order chi connectivity index (χ1) is 14.2. The molecule has 2 aliphatic heterocycles. The summed E-state index contributed by atoms with van der Waals surface area (Å²) in [6.45, 7) is 3.58. The third-order valence-corrected chi connectivity index (χ3v) is 7.03. The van der Waals surface area contributed by atoms with Gasteiger partial charge in [0.25, 0.3) is 11.8 Å². The van der Waals surface area contributed by atoms with Crippen molar-refractivity contribution in [2.75, 3.05) is 36.1 Å². The Bertz CT molecular complexity index is 931. The molecule has 164 valence electrons. The molecule has 1 saturated heterocycles. The second-order valence-corrected chi connectivity index (χ2v) is 9.59. The standard InChI is InChI=1S/C20H26N2O7S/c1-3-21(15-9-11-30(26,27)13-15)20(25)14(2)29-19(24)8-10-22-16-6-4-5-7-17(16)28-12-18(22)23/h4-7,14-15H,3,8-13H2,1-2H3/t14-,15+/m1/s1. The molecule has 1 fully saturated rings. The van der Waals surface area contributed by atoms with Gasteiger partial charge in [-0.3, -0.25) is 14.4 Å². The summed E-state index contributed by atoms with van der Waals surface area (Å²) in [5.74, 6) is -0.719. The molecule has 9 nitrogen and oxygen atoms in total. The lowest BCUT2D eigenvalue weighted by molar-refractivity contribution is -0.159. The van der Waals surface area contributed by atoms with Crippen LogP contribution >= 0.6 is 0 Å². The van der Waals surface area contributed by atoms with E-state index in [4.69, 9.17) is 9.47 Å². The number of amides is 2. The van der Waals surface area contributed by atoms with E-state index in [1.807, 2.05) is 0 Å². The zero-order valence-corrected chi connectivity index (χ0v) is 17.9. The lowest BCUT2D eigenvalue weighted by Crippen LogP contribution is -2.46. The fraction of sp³-hybridized carbons (Fsp3) is 0.550. The summed E-state index contributed by atoms with van der Waals surface area (Å²) in [5.41, 5.74) is 0.588. The molecule has 0 N–H and O–H groups in total. The largest absolute Gasteiger partial charge is 0.482 e. The average molecular weight is 439 g/mol. The van der Waals surface area contributed by atoms with Gasteiger partial charge in [-0.15, -0.1) is 0 Å². The minimum absolute atomic E-state index is 0.0602. The molecule has 0 aromatic heterocycles. The predicted octanol–water partition coefficient (Wildman–Crippen LogP) is 0.769. The highest BCUT2D eigenvalue weighted by molar-refractivity contribution is 7.91. The minimum Gasteiger partial charge on any atom is -0.482 e. The highest BCUT2D eigenvalue weighted by Gasteiger charge is 2.36. The van der Waals surface area contributed by atoms with Crippen LogP contribution < -0.4 is 9.64 Å². The number of anilines is 1. The smallest absolute Gasteiger partial charge is 0.308 e. The van der Waals surface area contributed by atoms with Crippen molar-refractivity contribution in [2.24, 2.45) is 0 Å². The van der Waals surface area contributed by atoms with Gasteiger partial charge in [0.2, 0.25) is 0 Å². The fourth-order valence-electron chi connectivity index (χ4n) is 3.76. The van der Waals surface area contributed by atoms with E-state index in [0.29, 0.717) is 24.4 Å². The van der Waals surface area contributed by atoms with Crippen molar-refractivity contribution in [1.82, 2.24) is 4.90 Å². The molecule has 2 amide bonds. The lowest BCUT2D eigenvalue weighted by Gasteiger charge is -2.30. The van der Waals surface area contributed by atoms with Crippen molar-refractivity contribution >= 4 is 33.3 Å². The van der Waals surface area contributed by atoms with Crippen molar-refractivity contribution in [3.63, 3.8) is 0 Å². The van der Waals surface area contributed by atoms with Gasteiger partial charge in [-0.05, 0) is 32.4 Å². The maximum absolute atomic E-state index is 12.7. The van der Waals surface area contributed by atoms with Crippen LogP contribution in [-0.2, 0) is 29.0 Å². The molecular weight excluding hydrogens is 412 g/mol. The number of benzene rings is 1. The number of sulfone groups is 1. The van der Waals surface area contributed by atoms with Crippen LogP contribution in [0.1, 0.15) is 26.7 Å². The molecule has 2 aliphatic rings. The number of ether oxygens (including phenoxy) is 2. The van der Waals surface area contributed by atoms with E-state index in [2.05, 4.69) is 0 Å². The number of likely N-dealkylation sites (N-methyl/N-ethyl adjacent to an activating group) is 1. The van der Waals surface area contributed by atoms with E-state index in [0.717, 1.165) is 0 Å². The number of carbonyl (C=O) groups is 3. The molecule has 1 aromatic rings. The molecule has 0 aliphatic carbocycles. The Hall–Kier alpha value is -2.62. The van der Waals surface area contributed by atoms with Gasteiger partial charge in [0, 0.05) is 19.1 Å². The maximum atomic E-state index is 12.7. The zero-order chi connectivity index (χ0) is 21.9. The van der Waals surface area contributed by atoms with Crippen LogP contribution in [0, 0.1) is 0 Å². The van der Waals surface area contributed by atoms with Gasteiger partial charge in [-0.25, -0.2) is 8.42 Å². The summed E-state index contributed by atoms with van der Waals surface area (Å²) >= 11 is 0. The second kappa shape index (κ2) is 9.03. The van der Waals surface area contributed by atoms with Crippen molar-refractivity contribution in [1.29, 1.82) is 0 Å². The van der Waals surface area contributed by atoms with Gasteiger partial charge >= 0.3 is 5.97 Å². The molecule has 3 rings (SSSR count). The number of fused-ring (bicyclic) bond motifs is 1. The van der Waals surface area contributed by atoms with E-state index in [9.17, 15) is 22.8 Å². The molecule has 0 radical (unpaired) electrons. The molecule has 0 unspecified atom stereocenters. The summed E-state index contributed by atoms with van der Waals surface area (Å²) < 4.78 is 34.1. The predicted molar refractivity (Wildman–Crippen MR) is 109 cm³/mol. The van der Waals surface area contributed by atoms with Gasteiger partial charge < -0.3 is 19.3 Å². The maximum Gasteiger partial charge on any atom is 0.308 e. The summed E-state index contributed by atoms with van der Waals surface area (Å²) in [7, 11) is -3.13. The van der Waals surface area contributed by atoms with Crippen LogP contribution in [-0.4, -0.2) is 74.4 Å². The van der Waals surface area contributed by atoms with E-state index in [-0.39, 0.29) is 37.0 Å². The Balaban J connectivity index is 1.55. The molecular formula is C20H26N2O7S. The normalized spacial score (nSPS) is 20.8. The third-order valence-electron chi connectivity index (χ3n) is 5.28. The molecule has 0 spiro atoms. The molecule has 0 saturated carbocycles. The Labute approximate surface area is 175 Å². The summed E-state index contributed by atoms with van der Waals surface area (Å²) in [5, 5.41) is 0. The first kappa shape index (κ1) is 22.1. The van der Waals surface area contributed by atoms with Gasteiger partial charge in [0.15, 0.2) is 22.5 Å². The number of carbonyl (C=O) groups excluding carboxylic acids is 3. The second-order valence-electron chi connectivity index (χ2n) is 7.36. The topological polar surface area (TPSA) is 110 Å². The van der Waals surface area contributed by atoms with Crippen molar-refractivity contribution in [2.45, 2.75) is 38.8 Å². The Morgan fingerprint density at radius 2 is 2.07 bits per heavy atom. The minimum atomic E-state index is -3.13. The molecule has 30 heavy (non-hydrogen) atoms. The molecule has 1 aromatic carbocycles. The monoisotopic (exact) mass is 438 g/mol. The number of rotatable bonds is 7. The average Bonchev–Trinajstić information content (AvgIpc) is 3.07. The third kappa shape index (κ3) is 4.92. The zero-order valence-electron chi connectivity index (χ0n) is 17.1. The Kier molecular flexibility index (Phi) is 6.64. The quantitative estimate of drug-likeness (QED) is 0.578. The molecule has 0 bridgehead atoms. The number of esters is 1. The van der Waals surface area contributed by atoms with Gasteiger partial charge in [-0.2, -0.15) is 0 Å². The molecule has 10 heteroatoms. The van der Waals surface area contributed by atoms with E-state index in [1.54, 1.807) is 31.2 Å². The highest BCUT2D eigenvalue weighted by Crippen LogP contribution is 2.31. The van der Waals surface area contributed by atoms with Crippen molar-refractivity contribution < 1.29 is 32.3 Å². The van der Waals surface area contributed by atoms with Crippen molar-refractivity contribution in [3.05, 3.63) is 24.3 Å². The van der Waals surface area contributed by atoms with Crippen molar-refractivity contribution in [3.8, 4) is 5.75 Å². The number of nitrogens with zero attached hydrogens (tertiary/aromatic N) is 2. The van der Waals surface area contributed by atoms with E-state index < -0.39 is 33.9 Å². The van der Waals surface area contributed by atoms with Crippen LogP contribution in [0.2, 0.25) is 0 Å². The first-order valence-electron chi connectivity index (χ1n) is 9.94. The summed E-state index contributed by atoms with van der Waals surface area (Å²) in [6, 6.07) is 6.66. The van der Waals surface area contributed by atoms with Crippen LogP contribution in [0.3, 0.4) is 0 Å². The lowest BCUT2D eigenvalue weighted by atomic mass is 10.2. The number of hydrogen-bond donors (Lipinski definition) is 0. The van der Waals surface area contributed by atoms with Crippen LogP contribution in [0.15, 0.2) is 24.3 Å². The molecule has 2 atom stereocenters. The van der Waals surface area contributed by atoms with Crippen LogP contribution in [0.4, 0.5) is 5.69 Å². The number of hydrogen-bond acceptors (Lipinski definition) is 7. The van der Waals surface area contributed by atoms with Gasteiger partial charge in [-0.1, -0.05) is 12.1 Å². The van der Waals surface area contributed by atoms with E-state index >= 15 is 0 Å². The first-order valence-corrected chi connectivity index (χ1v) is 11.8. The summed E-state index contributed by atoms with van der Waals surface area (Å²) in [4.78, 5) is 40.1. The van der Waals surface area contributed by atoms with E-state index in [1.165, 1.54) is 16.7 Å². The van der Waals surface area contributed by atoms with Gasteiger partial charge in [0.05, 0.1) is 23.6 Å². The summed E-state index contributed by atoms with van der Waals surface area (Å²) in [6.07, 6.45) is -0.726.